The van der Waals surface area contributed by atoms with Gasteiger partial charge in [-0.3, -0.25) is 4.21 Å². The molecule has 4 atom stereocenters. The van der Waals surface area contributed by atoms with Gasteiger partial charge in [-0.15, -0.1) is 0 Å². The van der Waals surface area contributed by atoms with Crippen LogP contribution in [-0.4, -0.2) is 22.5 Å². The van der Waals surface area contributed by atoms with Gasteiger partial charge in [-0.25, -0.2) is 0 Å². The molecule has 3 heteroatoms. The van der Waals surface area contributed by atoms with Gasteiger partial charge in [-0.05, 0) is 44.7 Å². The number of nitrogens with one attached hydrogen (secondary N) is 1. The Bertz CT molecular complexity index is 460. The lowest BCUT2D eigenvalue weighted by Gasteiger charge is -2.35. The lowest BCUT2D eigenvalue weighted by Crippen LogP contribution is -2.45. The second kappa shape index (κ2) is 7.37. The van der Waals surface area contributed by atoms with Gasteiger partial charge in [0.2, 0.25) is 0 Å². The van der Waals surface area contributed by atoms with Crippen LogP contribution in [0.15, 0.2) is 24.3 Å². The Labute approximate surface area is 125 Å². The van der Waals surface area contributed by atoms with Gasteiger partial charge in [-0.2, -0.15) is 0 Å². The highest BCUT2D eigenvalue weighted by Crippen LogP contribution is 2.30. The molecule has 4 unspecified atom stereocenters. The summed E-state index contributed by atoms with van der Waals surface area (Å²) in [6.07, 6.45) is 4.77. The zero-order valence-electron chi connectivity index (χ0n) is 12.9. The van der Waals surface area contributed by atoms with E-state index in [0.29, 0.717) is 17.0 Å². The molecular weight excluding hydrogens is 266 g/mol. The van der Waals surface area contributed by atoms with Crippen molar-refractivity contribution < 1.29 is 4.21 Å². The van der Waals surface area contributed by atoms with E-state index in [4.69, 9.17) is 0 Å². The molecule has 0 aliphatic heterocycles. The third-order valence-corrected chi connectivity index (χ3v) is 6.39. The van der Waals surface area contributed by atoms with Crippen LogP contribution in [0.4, 0.5) is 0 Å². The minimum absolute atomic E-state index is 0.305. The summed E-state index contributed by atoms with van der Waals surface area (Å²) in [6, 6.07) is 8.83. The summed E-state index contributed by atoms with van der Waals surface area (Å²) >= 11 is 0. The Balaban J connectivity index is 2.05. The first kappa shape index (κ1) is 15.7. The molecule has 2 rings (SSSR count). The van der Waals surface area contributed by atoms with Crippen LogP contribution in [0.5, 0.6) is 0 Å². The van der Waals surface area contributed by atoms with E-state index in [-0.39, 0.29) is 0 Å². The van der Waals surface area contributed by atoms with E-state index in [1.807, 2.05) is 7.05 Å². The van der Waals surface area contributed by atoms with Crippen molar-refractivity contribution in [2.75, 3.05) is 7.05 Å². The number of rotatable bonds is 5. The van der Waals surface area contributed by atoms with Crippen LogP contribution in [0.1, 0.15) is 43.7 Å². The topological polar surface area (TPSA) is 29.1 Å². The molecule has 1 aromatic carbocycles. The number of benzene rings is 1. The van der Waals surface area contributed by atoms with E-state index in [2.05, 4.69) is 43.4 Å². The van der Waals surface area contributed by atoms with E-state index in [0.717, 1.165) is 12.3 Å². The minimum atomic E-state index is -0.780. The van der Waals surface area contributed by atoms with Crippen LogP contribution in [0.3, 0.4) is 0 Å². The largest absolute Gasteiger partial charge is 0.316 e. The molecule has 0 saturated heterocycles. The molecule has 1 aliphatic rings. The highest BCUT2D eigenvalue weighted by molar-refractivity contribution is 7.84. The molecule has 0 bridgehead atoms. The normalized spacial score (nSPS) is 28.2. The lowest BCUT2D eigenvalue weighted by molar-refractivity contribution is 0.301. The molecule has 1 fully saturated rings. The third kappa shape index (κ3) is 3.92. The van der Waals surface area contributed by atoms with Gasteiger partial charge in [0.1, 0.15) is 0 Å². The molecule has 1 saturated carbocycles. The summed E-state index contributed by atoms with van der Waals surface area (Å²) in [5, 5.41) is 3.69. The molecule has 2 nitrogen and oxygen atoms in total. The smallest absolute Gasteiger partial charge is 0.0507 e. The molecule has 1 aromatic rings. The van der Waals surface area contributed by atoms with E-state index in [1.165, 1.54) is 30.4 Å². The van der Waals surface area contributed by atoms with Crippen LogP contribution in [0, 0.1) is 12.8 Å². The molecule has 0 radical (unpaired) electrons. The van der Waals surface area contributed by atoms with Crippen molar-refractivity contribution >= 4 is 10.8 Å². The first-order valence-electron chi connectivity index (χ1n) is 7.74. The summed E-state index contributed by atoms with van der Waals surface area (Å²) < 4.78 is 12.8. The number of hydrogen-bond acceptors (Lipinski definition) is 2. The van der Waals surface area contributed by atoms with Crippen molar-refractivity contribution in [3.05, 3.63) is 35.4 Å². The Kier molecular flexibility index (Phi) is 5.79. The molecule has 0 aromatic heterocycles. The lowest BCUT2D eigenvalue weighted by atomic mass is 9.84. The fourth-order valence-electron chi connectivity index (χ4n) is 3.28. The Morgan fingerprint density at radius 2 is 2.15 bits per heavy atom. The van der Waals surface area contributed by atoms with Crippen molar-refractivity contribution in [3.8, 4) is 0 Å². The fourth-order valence-corrected chi connectivity index (χ4v) is 5.12. The van der Waals surface area contributed by atoms with Crippen molar-refractivity contribution in [1.82, 2.24) is 5.32 Å². The zero-order chi connectivity index (χ0) is 14.5. The Morgan fingerprint density at radius 1 is 1.35 bits per heavy atom. The molecule has 20 heavy (non-hydrogen) atoms. The second-order valence-corrected chi connectivity index (χ2v) is 7.69. The van der Waals surface area contributed by atoms with Crippen LogP contribution in [0.2, 0.25) is 0 Å². The Hall–Kier alpha value is -0.670. The van der Waals surface area contributed by atoms with Crippen LogP contribution < -0.4 is 5.32 Å². The van der Waals surface area contributed by atoms with Gasteiger partial charge in [0.05, 0.1) is 5.25 Å². The van der Waals surface area contributed by atoms with Gasteiger partial charge >= 0.3 is 0 Å². The van der Waals surface area contributed by atoms with Crippen molar-refractivity contribution in [2.24, 2.45) is 5.92 Å². The predicted octanol–water partition coefficient (Wildman–Crippen LogP) is 3.41. The monoisotopic (exact) mass is 293 g/mol. The maximum atomic E-state index is 12.8. The van der Waals surface area contributed by atoms with Gasteiger partial charge < -0.3 is 5.32 Å². The standard InChI is InChI=1S/C17H27NOS/c1-4-14-8-9-16(18-3)17(11-14)20(19)12-15-7-5-6-13(2)10-15/h5-7,10,14,16-18H,4,8-9,11-12H2,1-3H3. The summed E-state index contributed by atoms with van der Waals surface area (Å²) in [5.41, 5.74) is 2.46. The minimum Gasteiger partial charge on any atom is -0.316 e. The van der Waals surface area contributed by atoms with Crippen molar-refractivity contribution in [2.45, 2.75) is 56.6 Å². The Morgan fingerprint density at radius 3 is 2.80 bits per heavy atom. The molecule has 0 amide bonds. The molecular formula is C17H27NOS. The van der Waals surface area contributed by atoms with E-state index in [1.54, 1.807) is 0 Å². The van der Waals surface area contributed by atoms with E-state index >= 15 is 0 Å². The fraction of sp³-hybridized carbons (Fsp3) is 0.647. The summed E-state index contributed by atoms with van der Waals surface area (Å²) in [5.74, 6) is 1.45. The highest BCUT2D eigenvalue weighted by Gasteiger charge is 2.32. The maximum Gasteiger partial charge on any atom is 0.0507 e. The van der Waals surface area contributed by atoms with Crippen LogP contribution in [-0.2, 0) is 16.6 Å². The molecule has 1 N–H and O–H groups in total. The molecule has 112 valence electrons. The van der Waals surface area contributed by atoms with Gasteiger partial charge in [-0.1, -0.05) is 43.2 Å². The third-order valence-electron chi connectivity index (χ3n) is 4.58. The maximum absolute atomic E-state index is 12.8. The average Bonchev–Trinajstić information content (AvgIpc) is 2.46. The molecule has 0 spiro atoms. The SMILES string of the molecule is CCC1CCC(NC)C(S(=O)Cc2cccc(C)c2)C1. The first-order valence-corrected chi connectivity index (χ1v) is 9.12. The number of aryl methyl sites for hydroxylation is 1. The quantitative estimate of drug-likeness (QED) is 0.901. The van der Waals surface area contributed by atoms with Gasteiger partial charge in [0.15, 0.2) is 0 Å². The van der Waals surface area contributed by atoms with E-state index in [9.17, 15) is 4.21 Å². The summed E-state index contributed by atoms with van der Waals surface area (Å²) in [6.45, 7) is 4.35. The highest BCUT2D eigenvalue weighted by atomic mass is 32.2. The summed E-state index contributed by atoms with van der Waals surface area (Å²) in [7, 11) is 1.23. The van der Waals surface area contributed by atoms with Crippen molar-refractivity contribution in [1.29, 1.82) is 0 Å². The summed E-state index contributed by atoms with van der Waals surface area (Å²) in [4.78, 5) is 0. The first-order chi connectivity index (χ1) is 9.63. The van der Waals surface area contributed by atoms with Crippen LogP contribution in [0.25, 0.3) is 0 Å². The molecule has 0 heterocycles. The molecule has 1 aliphatic carbocycles. The predicted molar refractivity (Wildman–Crippen MR) is 87.3 cm³/mol. The number of hydrogen-bond donors (Lipinski definition) is 1. The van der Waals surface area contributed by atoms with Crippen LogP contribution >= 0.6 is 0 Å². The van der Waals surface area contributed by atoms with E-state index < -0.39 is 10.8 Å². The second-order valence-electron chi connectivity index (χ2n) is 6.04. The van der Waals surface area contributed by atoms with Gasteiger partial charge in [0, 0.05) is 22.6 Å². The average molecular weight is 293 g/mol. The van der Waals surface area contributed by atoms with Crippen molar-refractivity contribution in [3.63, 3.8) is 0 Å². The van der Waals surface area contributed by atoms with Gasteiger partial charge in [0.25, 0.3) is 0 Å². The zero-order valence-corrected chi connectivity index (χ0v) is 13.7.